The van der Waals surface area contributed by atoms with Crippen LogP contribution >= 0.6 is 0 Å². The molecule has 0 aliphatic rings. The number of ketones is 1. The van der Waals surface area contributed by atoms with E-state index in [9.17, 15) is 18.0 Å². The quantitative estimate of drug-likeness (QED) is 0.546. The molecule has 0 radical (unpaired) electrons. The Morgan fingerprint density at radius 1 is 1.04 bits per heavy atom. The first kappa shape index (κ1) is 21.6. The topological polar surface area (TPSA) is 102 Å². The van der Waals surface area contributed by atoms with E-state index in [1.165, 1.54) is 31.2 Å². The van der Waals surface area contributed by atoms with Crippen LogP contribution in [0.2, 0.25) is 0 Å². The van der Waals surface area contributed by atoms with Gasteiger partial charge in [-0.2, -0.15) is 0 Å². The van der Waals surface area contributed by atoms with Crippen LogP contribution in [-0.2, 0) is 20.2 Å². The maximum absolute atomic E-state index is 12.2. The number of nitrogens with one attached hydrogen (secondary N) is 2. The number of sulfonamides is 1. The first-order chi connectivity index (χ1) is 13.0. The van der Waals surface area contributed by atoms with E-state index < -0.39 is 15.9 Å². The van der Waals surface area contributed by atoms with Crippen LogP contribution in [0.25, 0.3) is 0 Å². The minimum atomic E-state index is -4.01. The fraction of sp³-hybridized carbons (Fsp3) is 0.300. The molecule has 2 N–H and O–H groups in total. The van der Waals surface area contributed by atoms with E-state index in [0.29, 0.717) is 5.75 Å². The molecule has 0 spiro atoms. The summed E-state index contributed by atoms with van der Waals surface area (Å²) in [6.45, 7) is 7.26. The third-order valence-corrected chi connectivity index (χ3v) is 5.21. The number of carbonyl (C=O) groups is 2. The lowest BCUT2D eigenvalue weighted by Gasteiger charge is -2.19. The van der Waals surface area contributed by atoms with Gasteiger partial charge in [0.2, 0.25) is 0 Å². The number of amides is 1. The summed E-state index contributed by atoms with van der Waals surface area (Å²) >= 11 is 0. The molecular weight excluding hydrogens is 380 g/mol. The van der Waals surface area contributed by atoms with Crippen LogP contribution in [0, 0.1) is 0 Å². The zero-order valence-electron chi connectivity index (χ0n) is 16.3. The van der Waals surface area contributed by atoms with E-state index in [1.807, 2.05) is 17.0 Å². The molecule has 0 unspecified atom stereocenters. The second kappa shape index (κ2) is 8.53. The molecule has 0 atom stereocenters. The third-order valence-electron chi connectivity index (χ3n) is 3.97. The summed E-state index contributed by atoms with van der Waals surface area (Å²) in [5.41, 5.74) is 3.49. The number of rotatable bonds is 7. The van der Waals surface area contributed by atoms with Crippen molar-refractivity contribution >= 4 is 21.7 Å². The average Bonchev–Trinajstić information content (AvgIpc) is 2.64. The Kier molecular flexibility index (Phi) is 6.58. The van der Waals surface area contributed by atoms with Crippen LogP contribution in [0.5, 0.6) is 5.75 Å². The van der Waals surface area contributed by atoms with Crippen molar-refractivity contribution in [1.82, 2.24) is 10.3 Å². The Morgan fingerprint density at radius 2 is 1.68 bits per heavy atom. The van der Waals surface area contributed by atoms with Crippen molar-refractivity contribution in [2.45, 2.75) is 38.0 Å². The van der Waals surface area contributed by atoms with Gasteiger partial charge in [0.25, 0.3) is 15.9 Å². The van der Waals surface area contributed by atoms with Crippen molar-refractivity contribution in [3.63, 3.8) is 0 Å². The summed E-state index contributed by atoms with van der Waals surface area (Å²) in [5, 5.41) is 0. The Morgan fingerprint density at radius 3 is 2.25 bits per heavy atom. The minimum absolute atomic E-state index is 0.00781. The number of ether oxygens (including phenoxy) is 1. The molecule has 0 bridgehead atoms. The molecule has 0 heterocycles. The van der Waals surface area contributed by atoms with Gasteiger partial charge in [-0.15, -0.1) is 4.83 Å². The Balaban J connectivity index is 1.91. The molecule has 1 amide bonds. The van der Waals surface area contributed by atoms with Gasteiger partial charge in [0, 0.05) is 5.56 Å². The molecule has 2 rings (SSSR count). The van der Waals surface area contributed by atoms with Crippen molar-refractivity contribution in [2.24, 2.45) is 0 Å². The predicted octanol–water partition coefficient (Wildman–Crippen LogP) is 2.58. The summed E-state index contributed by atoms with van der Waals surface area (Å²) in [7, 11) is -4.01. The third kappa shape index (κ3) is 5.90. The second-order valence-corrected chi connectivity index (χ2v) is 8.98. The van der Waals surface area contributed by atoms with Crippen LogP contribution in [0.1, 0.15) is 43.6 Å². The molecule has 0 saturated carbocycles. The number of hydrazine groups is 1. The summed E-state index contributed by atoms with van der Waals surface area (Å²) in [6, 6.07) is 12.9. The van der Waals surface area contributed by atoms with Gasteiger partial charge in [-0.3, -0.25) is 15.0 Å². The van der Waals surface area contributed by atoms with E-state index in [1.54, 1.807) is 12.1 Å². The summed E-state index contributed by atoms with van der Waals surface area (Å²) in [6.07, 6.45) is 0. The number of carbonyl (C=O) groups excluding carboxylic acids is 2. The monoisotopic (exact) mass is 404 g/mol. The fourth-order valence-corrected chi connectivity index (χ4v) is 3.21. The molecule has 0 aliphatic heterocycles. The minimum Gasteiger partial charge on any atom is -0.484 e. The van der Waals surface area contributed by atoms with Gasteiger partial charge < -0.3 is 4.74 Å². The SMILES string of the molecule is CC(=O)c1cccc(S(=O)(=O)NNC(=O)COc2ccc(C(C)(C)C)cc2)c1. The van der Waals surface area contributed by atoms with Gasteiger partial charge >= 0.3 is 0 Å². The van der Waals surface area contributed by atoms with E-state index >= 15 is 0 Å². The molecule has 2 aromatic carbocycles. The van der Waals surface area contributed by atoms with E-state index in [2.05, 4.69) is 26.2 Å². The zero-order chi connectivity index (χ0) is 20.9. The predicted molar refractivity (Wildman–Crippen MR) is 106 cm³/mol. The van der Waals surface area contributed by atoms with Crippen molar-refractivity contribution in [3.8, 4) is 5.75 Å². The number of Topliss-reactive ketones (excluding diaryl/α,β-unsaturated/α-hetero) is 1. The average molecular weight is 404 g/mol. The van der Waals surface area contributed by atoms with Crippen LogP contribution in [-0.4, -0.2) is 26.7 Å². The number of benzene rings is 2. The van der Waals surface area contributed by atoms with Crippen molar-refractivity contribution in [2.75, 3.05) is 6.61 Å². The van der Waals surface area contributed by atoms with Crippen molar-refractivity contribution in [1.29, 1.82) is 0 Å². The highest BCUT2D eigenvalue weighted by Crippen LogP contribution is 2.24. The Hall–Kier alpha value is -2.71. The van der Waals surface area contributed by atoms with Gasteiger partial charge in [0.15, 0.2) is 12.4 Å². The van der Waals surface area contributed by atoms with Gasteiger partial charge in [-0.1, -0.05) is 45.0 Å². The molecule has 0 aromatic heterocycles. The highest BCUT2D eigenvalue weighted by Gasteiger charge is 2.17. The summed E-state index contributed by atoms with van der Waals surface area (Å²) in [4.78, 5) is 25.1. The highest BCUT2D eigenvalue weighted by molar-refractivity contribution is 7.89. The van der Waals surface area contributed by atoms with E-state index in [4.69, 9.17) is 4.74 Å². The van der Waals surface area contributed by atoms with E-state index in [-0.39, 0.29) is 28.3 Å². The second-order valence-electron chi connectivity index (χ2n) is 7.30. The van der Waals surface area contributed by atoms with Crippen LogP contribution in [0.15, 0.2) is 53.4 Å². The number of hydrogen-bond donors (Lipinski definition) is 2. The van der Waals surface area contributed by atoms with Crippen LogP contribution in [0.4, 0.5) is 0 Å². The first-order valence-corrected chi connectivity index (χ1v) is 10.1. The maximum Gasteiger partial charge on any atom is 0.272 e. The first-order valence-electron chi connectivity index (χ1n) is 8.64. The highest BCUT2D eigenvalue weighted by atomic mass is 32.2. The molecule has 0 aliphatic carbocycles. The largest absolute Gasteiger partial charge is 0.484 e. The van der Waals surface area contributed by atoms with Gasteiger partial charge in [-0.25, -0.2) is 8.42 Å². The molecule has 7 nitrogen and oxygen atoms in total. The molecule has 150 valence electrons. The molecule has 2 aromatic rings. The summed E-state index contributed by atoms with van der Waals surface area (Å²) < 4.78 is 29.8. The van der Waals surface area contributed by atoms with E-state index in [0.717, 1.165) is 5.56 Å². The fourth-order valence-electron chi connectivity index (χ4n) is 2.30. The molecule has 0 saturated heterocycles. The lowest BCUT2D eigenvalue weighted by molar-refractivity contribution is -0.123. The van der Waals surface area contributed by atoms with Crippen molar-refractivity contribution in [3.05, 3.63) is 59.7 Å². The standard InChI is InChI=1S/C20H24N2O5S/c1-14(23)15-6-5-7-18(12-15)28(25,26)22-21-19(24)13-27-17-10-8-16(9-11-17)20(2,3)4/h5-12,22H,13H2,1-4H3,(H,21,24). The van der Waals surface area contributed by atoms with Gasteiger partial charge in [0.05, 0.1) is 4.90 Å². The lowest BCUT2D eigenvalue weighted by atomic mass is 9.87. The lowest BCUT2D eigenvalue weighted by Crippen LogP contribution is -2.43. The molecule has 28 heavy (non-hydrogen) atoms. The molecule has 8 heteroatoms. The Bertz CT molecular complexity index is 961. The number of hydrogen-bond acceptors (Lipinski definition) is 5. The van der Waals surface area contributed by atoms with Gasteiger partial charge in [-0.05, 0) is 42.2 Å². The van der Waals surface area contributed by atoms with Gasteiger partial charge in [0.1, 0.15) is 5.75 Å². The maximum atomic E-state index is 12.2. The molecule has 0 fully saturated rings. The van der Waals surface area contributed by atoms with Crippen LogP contribution < -0.4 is 15.0 Å². The Labute approximate surface area is 165 Å². The summed E-state index contributed by atoms with van der Waals surface area (Å²) in [5.74, 6) is -0.418. The normalized spacial score (nSPS) is 11.7. The van der Waals surface area contributed by atoms with Crippen molar-refractivity contribution < 1.29 is 22.7 Å². The zero-order valence-corrected chi connectivity index (χ0v) is 17.1. The smallest absolute Gasteiger partial charge is 0.272 e. The van der Waals surface area contributed by atoms with Crippen LogP contribution in [0.3, 0.4) is 0 Å². The molecular formula is C20H24N2O5S.